The average molecular weight is 746 g/mol. The molecule has 2 saturated heterocycles. The number of halogens is 1. The Bertz CT molecular complexity index is 2210. The molecule has 5 aromatic rings. The van der Waals surface area contributed by atoms with Gasteiger partial charge < -0.3 is 19.3 Å². The normalized spacial score (nSPS) is 19.9. The highest BCUT2D eigenvalue weighted by Crippen LogP contribution is 2.47. The molecule has 4 heterocycles. The van der Waals surface area contributed by atoms with Crippen molar-refractivity contribution in [3.8, 4) is 28.9 Å². The van der Waals surface area contributed by atoms with Crippen LogP contribution in [0.15, 0.2) is 102 Å². The van der Waals surface area contributed by atoms with Crippen molar-refractivity contribution in [2.75, 3.05) is 31.3 Å². The van der Waals surface area contributed by atoms with E-state index in [1.807, 2.05) is 36.4 Å². The van der Waals surface area contributed by atoms with Crippen LogP contribution in [0.1, 0.15) is 66.2 Å². The van der Waals surface area contributed by atoms with Crippen LogP contribution in [0.5, 0.6) is 28.9 Å². The predicted octanol–water partition coefficient (Wildman–Crippen LogP) is 5.84. The minimum atomic E-state index is -0.662. The van der Waals surface area contributed by atoms with Crippen LogP contribution in [0.4, 0.5) is 4.39 Å². The highest BCUT2D eigenvalue weighted by molar-refractivity contribution is 6.09. The van der Waals surface area contributed by atoms with Crippen molar-refractivity contribution >= 4 is 11.8 Å². The Labute approximate surface area is 316 Å². The minimum absolute atomic E-state index is 0.0371. The van der Waals surface area contributed by atoms with Crippen LogP contribution in [-0.4, -0.2) is 69.0 Å². The molecule has 0 unspecified atom stereocenters. The first-order chi connectivity index (χ1) is 26.8. The van der Waals surface area contributed by atoms with Crippen LogP contribution in [0, 0.1) is 5.82 Å². The second-order valence-electron chi connectivity index (χ2n) is 14.1. The Balaban J connectivity index is 0.820. The van der Waals surface area contributed by atoms with Crippen molar-refractivity contribution in [2.24, 2.45) is 0 Å². The van der Waals surface area contributed by atoms with Crippen LogP contribution in [0.2, 0.25) is 0 Å². The van der Waals surface area contributed by atoms with Gasteiger partial charge in [0.2, 0.25) is 17.7 Å². The number of aromatic hydroxyl groups is 1. The van der Waals surface area contributed by atoms with Crippen LogP contribution < -0.4 is 24.8 Å². The second-order valence-corrected chi connectivity index (χ2v) is 14.1. The lowest BCUT2D eigenvalue weighted by molar-refractivity contribution is -0.132. The Morgan fingerprint density at radius 3 is 2.31 bits per heavy atom. The van der Waals surface area contributed by atoms with Gasteiger partial charge in [0.1, 0.15) is 35.8 Å². The van der Waals surface area contributed by atoms with Gasteiger partial charge in [-0.15, -0.1) is 4.79 Å². The number of pyridine rings is 1. The third-order valence-electron chi connectivity index (χ3n) is 10.5. The summed E-state index contributed by atoms with van der Waals surface area (Å²) in [6.45, 7) is 2.85. The molecule has 1 N–H and O–H groups in total. The zero-order valence-electron chi connectivity index (χ0n) is 30.1. The van der Waals surface area contributed by atoms with E-state index in [-0.39, 0.29) is 48.1 Å². The number of likely N-dealkylation sites (tertiary alicyclic amines) is 1. The molecule has 8 rings (SSSR count). The lowest BCUT2D eigenvalue weighted by Crippen LogP contribution is -2.53. The van der Waals surface area contributed by atoms with E-state index in [1.165, 1.54) is 30.1 Å². The van der Waals surface area contributed by atoms with Gasteiger partial charge >= 0.3 is 0 Å². The van der Waals surface area contributed by atoms with Crippen LogP contribution in [0.25, 0.3) is 0 Å². The van der Waals surface area contributed by atoms with Gasteiger partial charge in [-0.3, -0.25) is 19.3 Å². The number of aryl methyl sites for hydroxylation is 1. The molecule has 2 aromatic heterocycles. The monoisotopic (exact) mass is 745 g/mol. The summed E-state index contributed by atoms with van der Waals surface area (Å²) in [6.07, 6.45) is 6.12. The van der Waals surface area contributed by atoms with Gasteiger partial charge in [0.05, 0.1) is 18.5 Å². The molecular formula is C42H40FN5O7. The molecule has 3 atom stereocenters. The van der Waals surface area contributed by atoms with E-state index in [4.69, 9.17) is 14.2 Å². The lowest BCUT2D eigenvalue weighted by atomic mass is 9.69. The topological polar surface area (TPSA) is 136 Å². The molecule has 282 valence electrons. The Morgan fingerprint density at radius 1 is 0.800 bits per heavy atom. The number of fused-ring (bicyclic) bond motifs is 1. The number of phenols is 1. The van der Waals surface area contributed by atoms with E-state index in [0.717, 1.165) is 77.2 Å². The zero-order valence-corrected chi connectivity index (χ0v) is 30.1. The Kier molecular flexibility index (Phi) is 10.3. The molecule has 3 aliphatic rings. The van der Waals surface area contributed by atoms with Crippen molar-refractivity contribution < 1.29 is 33.3 Å². The molecule has 0 bridgehead atoms. The summed E-state index contributed by atoms with van der Waals surface area (Å²) in [6, 6.07) is 25.2. The van der Waals surface area contributed by atoms with E-state index >= 15 is 0 Å². The van der Waals surface area contributed by atoms with E-state index in [9.17, 15) is 23.9 Å². The van der Waals surface area contributed by atoms with Gasteiger partial charge in [0.15, 0.2) is 5.75 Å². The number of aromatic nitrogens is 3. The maximum absolute atomic E-state index is 13.8. The number of hydrogen-bond acceptors (Lipinski definition) is 10. The highest BCUT2D eigenvalue weighted by Gasteiger charge is 2.33. The molecule has 12 nitrogen and oxygen atoms in total. The number of amides is 2. The fourth-order valence-electron chi connectivity index (χ4n) is 7.80. The molecule has 1 aliphatic carbocycles. The molecule has 3 aromatic carbocycles. The zero-order chi connectivity index (χ0) is 37.9. The Hall–Kier alpha value is -6.08. The van der Waals surface area contributed by atoms with E-state index < -0.39 is 17.4 Å². The molecule has 55 heavy (non-hydrogen) atoms. The summed E-state index contributed by atoms with van der Waals surface area (Å²) < 4.78 is 31.8. The van der Waals surface area contributed by atoms with Gasteiger partial charge in [0.25, 0.3) is 5.56 Å². The smallest absolute Gasteiger partial charge is 0.290 e. The highest BCUT2D eigenvalue weighted by atomic mass is 19.1. The van der Waals surface area contributed by atoms with Gasteiger partial charge in [-0.25, -0.2) is 9.37 Å². The van der Waals surface area contributed by atoms with E-state index in [1.54, 1.807) is 18.2 Å². The molecule has 13 heteroatoms. The first-order valence-corrected chi connectivity index (χ1v) is 18.6. The predicted molar refractivity (Wildman–Crippen MR) is 200 cm³/mol. The van der Waals surface area contributed by atoms with Crippen molar-refractivity contribution in [3.05, 3.63) is 136 Å². The summed E-state index contributed by atoms with van der Waals surface area (Å²) in [4.78, 5) is 44.4. The third-order valence-corrected chi connectivity index (χ3v) is 10.5. The third kappa shape index (κ3) is 8.07. The molecule has 0 saturated carbocycles. The SMILES string of the molecule is O=C1CCCC(=O)N1n1ncc(Oc2ccc(O[C@@H]3CCN(CCOc4ccc([C@@H]5c6ccc(O)cc6CC[C@@H]5c5ccc(F)cc5)cc4)C3)nc2)cc1=O. The number of ether oxygens (including phenoxy) is 3. The van der Waals surface area contributed by atoms with Crippen LogP contribution in [-0.2, 0) is 16.0 Å². The van der Waals surface area contributed by atoms with Crippen molar-refractivity contribution in [3.63, 3.8) is 0 Å². The van der Waals surface area contributed by atoms with Crippen molar-refractivity contribution in [1.82, 2.24) is 19.8 Å². The number of nitrogens with zero attached hydrogens (tertiary/aromatic N) is 5. The van der Waals surface area contributed by atoms with Crippen molar-refractivity contribution in [1.29, 1.82) is 0 Å². The number of imide groups is 1. The molecule has 2 amide bonds. The molecule has 0 spiro atoms. The van der Waals surface area contributed by atoms with Gasteiger partial charge in [-0.05, 0) is 96.3 Å². The molecule has 2 fully saturated rings. The number of benzene rings is 3. The summed E-state index contributed by atoms with van der Waals surface area (Å²) in [7, 11) is 0. The van der Waals surface area contributed by atoms with Crippen LogP contribution in [0.3, 0.4) is 0 Å². The number of rotatable bonds is 11. The first-order valence-electron chi connectivity index (χ1n) is 18.6. The number of carbonyl (C=O) groups is 2. The van der Waals surface area contributed by atoms with Gasteiger partial charge in [-0.1, -0.05) is 30.3 Å². The minimum Gasteiger partial charge on any atom is -0.508 e. The van der Waals surface area contributed by atoms with Gasteiger partial charge in [-0.2, -0.15) is 10.1 Å². The summed E-state index contributed by atoms with van der Waals surface area (Å²) in [5, 5.41) is 14.9. The van der Waals surface area contributed by atoms with Crippen molar-refractivity contribution in [2.45, 2.75) is 56.5 Å². The first kappa shape index (κ1) is 35.9. The summed E-state index contributed by atoms with van der Waals surface area (Å²) in [5.74, 6) is 1.07. The van der Waals surface area contributed by atoms with E-state index in [2.05, 4.69) is 27.1 Å². The maximum Gasteiger partial charge on any atom is 0.290 e. The quantitative estimate of drug-likeness (QED) is 0.164. The fraction of sp³-hybridized carbons (Fsp3) is 0.310. The number of hydrogen-bond donors (Lipinski definition) is 1. The molecule has 0 radical (unpaired) electrons. The number of carbonyl (C=O) groups excluding carboxylic acids is 2. The standard InChI is InChI=1S/C42H40FN5O7/c43-30-9-4-27(5-10-30)36-15-8-29-22-31(49)11-16-37(29)42(36)28-6-12-32(13-7-28)53-21-20-46-19-18-34(26-46)55-38-17-14-33(24-44-38)54-35-23-41(52)48(45-25-35)47-39(50)2-1-3-40(47)51/h4-7,9-14,16-17,22-25,34,36,42,49H,1-3,8,15,18-21,26H2/t34-,36-,42+/m1/s1. The largest absolute Gasteiger partial charge is 0.508 e. The summed E-state index contributed by atoms with van der Waals surface area (Å²) in [5.41, 5.74) is 3.91. The molecule has 2 aliphatic heterocycles. The Morgan fingerprint density at radius 2 is 1.56 bits per heavy atom. The molecular weight excluding hydrogens is 705 g/mol. The number of piperidine rings is 1. The van der Waals surface area contributed by atoms with E-state index in [0.29, 0.717) is 24.7 Å². The lowest BCUT2D eigenvalue weighted by Gasteiger charge is -2.35. The fourth-order valence-corrected chi connectivity index (χ4v) is 7.80. The van der Waals surface area contributed by atoms with Crippen LogP contribution >= 0.6 is 0 Å². The average Bonchev–Trinajstić information content (AvgIpc) is 3.63. The maximum atomic E-state index is 13.8. The second kappa shape index (κ2) is 15.7. The summed E-state index contributed by atoms with van der Waals surface area (Å²) >= 11 is 0. The number of phenolic OH excluding ortho intramolecular Hbond substituents is 1. The van der Waals surface area contributed by atoms with Gasteiger partial charge in [0, 0.05) is 44.5 Å².